The Labute approximate surface area is 112 Å². The summed E-state index contributed by atoms with van der Waals surface area (Å²) in [7, 11) is 0. The lowest BCUT2D eigenvalue weighted by atomic mass is 10.2. The van der Waals surface area contributed by atoms with Gasteiger partial charge in [0.2, 0.25) is 0 Å². The third-order valence-corrected chi connectivity index (χ3v) is 3.10. The summed E-state index contributed by atoms with van der Waals surface area (Å²) < 4.78 is 13.9. The second-order valence-electron chi connectivity index (χ2n) is 3.88. The molecule has 0 spiro atoms. The number of benzene rings is 1. The van der Waals surface area contributed by atoms with Crippen molar-refractivity contribution < 1.29 is 4.39 Å². The molecule has 0 atom stereocenters. The lowest BCUT2D eigenvalue weighted by Gasteiger charge is -2.11. The Morgan fingerprint density at radius 3 is 2.67 bits per heavy atom. The highest BCUT2D eigenvalue weighted by molar-refractivity contribution is 9.10. The number of nitrogens with zero attached hydrogens (tertiary/aromatic N) is 1. The topological polar surface area (TPSA) is 77.0 Å². The molecule has 0 saturated carbocycles. The number of nitrogens with one attached hydrogen (secondary N) is 1. The van der Waals surface area contributed by atoms with E-state index in [0.29, 0.717) is 21.7 Å². The number of nitrogens with two attached hydrogens (primary N) is 2. The van der Waals surface area contributed by atoms with E-state index >= 15 is 0 Å². The lowest BCUT2D eigenvalue weighted by Crippen LogP contribution is -2.02. The Hall–Kier alpha value is -1.82. The maximum Gasteiger partial charge on any atom is 0.149 e. The Kier molecular flexibility index (Phi) is 3.38. The van der Waals surface area contributed by atoms with E-state index in [9.17, 15) is 4.39 Å². The molecule has 6 heteroatoms. The van der Waals surface area contributed by atoms with Gasteiger partial charge in [-0.25, -0.2) is 9.37 Å². The zero-order valence-electron chi connectivity index (χ0n) is 9.67. The van der Waals surface area contributed by atoms with Crippen molar-refractivity contribution >= 4 is 38.9 Å². The standard InChI is InChI=1S/C12H12BrFN4/c1-6-4-7(13)8(14)5-10(6)17-11-3-2-9(15)12(16)18-11/h2-5H,15H2,1H3,(H3,16,17,18). The van der Waals surface area contributed by atoms with Crippen molar-refractivity contribution in [1.82, 2.24) is 4.98 Å². The molecule has 0 bridgehead atoms. The molecular formula is C12H12BrFN4. The fourth-order valence-electron chi connectivity index (χ4n) is 1.47. The lowest BCUT2D eigenvalue weighted by molar-refractivity contribution is 0.621. The number of aromatic nitrogens is 1. The molecule has 0 aliphatic carbocycles. The zero-order chi connectivity index (χ0) is 13.3. The summed E-state index contributed by atoms with van der Waals surface area (Å²) in [5.41, 5.74) is 13.1. The fourth-order valence-corrected chi connectivity index (χ4v) is 1.93. The second kappa shape index (κ2) is 4.81. The number of aryl methyl sites for hydroxylation is 1. The van der Waals surface area contributed by atoms with Crippen LogP contribution in [0.1, 0.15) is 5.56 Å². The summed E-state index contributed by atoms with van der Waals surface area (Å²) in [4.78, 5) is 4.07. The molecule has 1 heterocycles. The van der Waals surface area contributed by atoms with E-state index in [-0.39, 0.29) is 11.6 Å². The van der Waals surface area contributed by atoms with E-state index in [0.717, 1.165) is 5.56 Å². The van der Waals surface area contributed by atoms with Crippen molar-refractivity contribution in [2.75, 3.05) is 16.8 Å². The van der Waals surface area contributed by atoms with Gasteiger partial charge in [0, 0.05) is 5.69 Å². The van der Waals surface area contributed by atoms with Crippen LogP contribution in [0.15, 0.2) is 28.7 Å². The SMILES string of the molecule is Cc1cc(Br)c(F)cc1Nc1ccc(N)c(N)n1. The van der Waals surface area contributed by atoms with Crippen LogP contribution < -0.4 is 16.8 Å². The zero-order valence-corrected chi connectivity index (χ0v) is 11.3. The average molecular weight is 311 g/mol. The summed E-state index contributed by atoms with van der Waals surface area (Å²) >= 11 is 3.13. The summed E-state index contributed by atoms with van der Waals surface area (Å²) in [5.74, 6) is 0.424. The van der Waals surface area contributed by atoms with Crippen molar-refractivity contribution in [2.24, 2.45) is 0 Å². The van der Waals surface area contributed by atoms with E-state index in [1.807, 2.05) is 6.92 Å². The fraction of sp³-hybridized carbons (Fsp3) is 0.0833. The van der Waals surface area contributed by atoms with Gasteiger partial charge in [-0.2, -0.15) is 0 Å². The van der Waals surface area contributed by atoms with Crippen LogP contribution in [-0.2, 0) is 0 Å². The number of hydrogen-bond acceptors (Lipinski definition) is 4. The molecule has 18 heavy (non-hydrogen) atoms. The maximum atomic E-state index is 13.5. The highest BCUT2D eigenvalue weighted by Gasteiger charge is 2.07. The molecule has 5 N–H and O–H groups in total. The van der Waals surface area contributed by atoms with Gasteiger partial charge in [-0.1, -0.05) is 0 Å². The van der Waals surface area contributed by atoms with Crippen LogP contribution in [0.2, 0.25) is 0 Å². The van der Waals surface area contributed by atoms with Crippen molar-refractivity contribution in [3.05, 3.63) is 40.1 Å². The smallest absolute Gasteiger partial charge is 0.149 e. The molecule has 94 valence electrons. The van der Waals surface area contributed by atoms with Crippen molar-refractivity contribution in [3.63, 3.8) is 0 Å². The minimum atomic E-state index is -0.341. The number of rotatable bonds is 2. The van der Waals surface area contributed by atoms with Gasteiger partial charge in [-0.3, -0.25) is 0 Å². The molecule has 0 amide bonds. The normalized spacial score (nSPS) is 10.4. The minimum Gasteiger partial charge on any atom is -0.396 e. The number of nitrogen functional groups attached to an aromatic ring is 2. The van der Waals surface area contributed by atoms with Crippen LogP contribution in [0.3, 0.4) is 0 Å². The average Bonchev–Trinajstić information content (AvgIpc) is 2.31. The second-order valence-corrected chi connectivity index (χ2v) is 4.73. The van der Waals surface area contributed by atoms with Gasteiger partial charge in [0.25, 0.3) is 0 Å². The Morgan fingerprint density at radius 2 is 2.00 bits per heavy atom. The molecule has 4 nitrogen and oxygen atoms in total. The summed E-state index contributed by atoms with van der Waals surface area (Å²) in [6.07, 6.45) is 0. The molecular weight excluding hydrogens is 299 g/mol. The first-order valence-electron chi connectivity index (χ1n) is 5.22. The van der Waals surface area contributed by atoms with Crippen molar-refractivity contribution in [3.8, 4) is 0 Å². The van der Waals surface area contributed by atoms with Gasteiger partial charge in [0.05, 0.1) is 10.2 Å². The van der Waals surface area contributed by atoms with E-state index < -0.39 is 0 Å². The number of halogens is 2. The Bertz CT molecular complexity index is 601. The molecule has 0 fully saturated rings. The summed E-state index contributed by atoms with van der Waals surface area (Å²) in [6.45, 7) is 1.87. The molecule has 0 aliphatic heterocycles. The molecule has 1 aromatic carbocycles. The van der Waals surface area contributed by atoms with E-state index in [2.05, 4.69) is 26.2 Å². The van der Waals surface area contributed by atoms with Gasteiger partial charge in [0.15, 0.2) is 0 Å². The molecule has 2 rings (SSSR count). The number of hydrogen-bond donors (Lipinski definition) is 3. The van der Waals surface area contributed by atoms with Gasteiger partial charge >= 0.3 is 0 Å². The number of anilines is 4. The first kappa shape index (κ1) is 12.6. The predicted molar refractivity (Wildman–Crippen MR) is 75.2 cm³/mol. The summed E-state index contributed by atoms with van der Waals surface area (Å²) in [5, 5.41) is 3.00. The van der Waals surface area contributed by atoms with Gasteiger partial charge in [-0.05, 0) is 52.7 Å². The maximum absolute atomic E-state index is 13.5. The highest BCUT2D eigenvalue weighted by atomic mass is 79.9. The predicted octanol–water partition coefficient (Wildman–Crippen LogP) is 3.20. The van der Waals surface area contributed by atoms with Gasteiger partial charge < -0.3 is 16.8 Å². The van der Waals surface area contributed by atoms with Crippen LogP contribution in [0.25, 0.3) is 0 Å². The van der Waals surface area contributed by atoms with E-state index in [4.69, 9.17) is 11.5 Å². The molecule has 2 aromatic rings. The minimum absolute atomic E-state index is 0.246. The first-order chi connectivity index (χ1) is 8.47. The van der Waals surface area contributed by atoms with Crippen LogP contribution >= 0.6 is 15.9 Å². The van der Waals surface area contributed by atoms with Crippen molar-refractivity contribution in [1.29, 1.82) is 0 Å². The monoisotopic (exact) mass is 310 g/mol. The Morgan fingerprint density at radius 1 is 1.28 bits per heavy atom. The number of pyridine rings is 1. The molecule has 0 aliphatic rings. The summed E-state index contributed by atoms with van der Waals surface area (Å²) in [6, 6.07) is 6.42. The van der Waals surface area contributed by atoms with E-state index in [1.165, 1.54) is 6.07 Å². The third kappa shape index (κ3) is 2.53. The van der Waals surface area contributed by atoms with Crippen LogP contribution in [0.5, 0.6) is 0 Å². The largest absolute Gasteiger partial charge is 0.396 e. The quantitative estimate of drug-likeness (QED) is 0.796. The van der Waals surface area contributed by atoms with Crippen LogP contribution in [-0.4, -0.2) is 4.98 Å². The molecule has 0 saturated heterocycles. The van der Waals surface area contributed by atoms with Gasteiger partial charge in [0.1, 0.15) is 17.5 Å². The third-order valence-electron chi connectivity index (χ3n) is 2.49. The van der Waals surface area contributed by atoms with Crippen LogP contribution in [0.4, 0.5) is 27.4 Å². The molecule has 0 radical (unpaired) electrons. The van der Waals surface area contributed by atoms with Crippen LogP contribution in [0, 0.1) is 12.7 Å². The first-order valence-corrected chi connectivity index (χ1v) is 6.01. The molecule has 1 aromatic heterocycles. The highest BCUT2D eigenvalue weighted by Crippen LogP contribution is 2.26. The molecule has 0 unspecified atom stereocenters. The van der Waals surface area contributed by atoms with Crippen molar-refractivity contribution in [2.45, 2.75) is 6.92 Å². The Balaban J connectivity index is 2.34. The van der Waals surface area contributed by atoms with E-state index in [1.54, 1.807) is 18.2 Å². The van der Waals surface area contributed by atoms with Gasteiger partial charge in [-0.15, -0.1) is 0 Å².